The van der Waals surface area contributed by atoms with E-state index in [1.807, 2.05) is 0 Å². The van der Waals surface area contributed by atoms with Crippen LogP contribution in [0.5, 0.6) is 0 Å². The molecule has 1 aliphatic carbocycles. The summed E-state index contributed by atoms with van der Waals surface area (Å²) in [6.07, 6.45) is 9.03. The van der Waals surface area contributed by atoms with E-state index in [0.29, 0.717) is 18.8 Å². The van der Waals surface area contributed by atoms with Crippen molar-refractivity contribution in [2.45, 2.75) is 31.2 Å². The minimum Gasteiger partial charge on any atom is -0.351 e. The third-order valence-electron chi connectivity index (χ3n) is 6.58. The van der Waals surface area contributed by atoms with E-state index in [0.717, 1.165) is 53.5 Å². The molecule has 0 amide bonds. The molecule has 4 heterocycles. The zero-order chi connectivity index (χ0) is 23.2. The molecule has 0 saturated carbocycles. The summed E-state index contributed by atoms with van der Waals surface area (Å²) in [6.45, 7) is 1.60. The molecule has 0 radical (unpaired) electrons. The molecule has 34 heavy (non-hydrogen) atoms. The van der Waals surface area contributed by atoms with Gasteiger partial charge in [-0.1, -0.05) is 0 Å². The number of halogens is 2. The zero-order valence-electron chi connectivity index (χ0n) is 18.1. The fraction of sp³-hybridized carbons (Fsp3) is 0.304. The molecular formula is C23H22F2N8O. The number of rotatable bonds is 5. The van der Waals surface area contributed by atoms with E-state index in [4.69, 9.17) is 0 Å². The second-order valence-corrected chi connectivity index (χ2v) is 8.83. The molecule has 0 spiro atoms. The van der Waals surface area contributed by atoms with Gasteiger partial charge in [0.15, 0.2) is 11.6 Å². The SMILES string of the molecule is O=c1[nH]cc(C2CCN(c3ncc(-c4cnc(NC5Cc6cc(F)c(F)cc6C5)nc4)[nH]3)C2)[nH]1. The van der Waals surface area contributed by atoms with Gasteiger partial charge in [-0.15, -0.1) is 0 Å². The molecule has 11 heteroatoms. The summed E-state index contributed by atoms with van der Waals surface area (Å²) >= 11 is 0. The van der Waals surface area contributed by atoms with Crippen LogP contribution in [0, 0.1) is 11.6 Å². The van der Waals surface area contributed by atoms with E-state index < -0.39 is 11.6 Å². The highest BCUT2D eigenvalue weighted by molar-refractivity contribution is 5.59. The standard InChI is InChI=1S/C23H22F2N8O/c24-17-5-13-3-16(4-14(13)6-18(17)25)30-21-26-7-15(8-27-21)20-9-28-22(31-20)33-2-1-12(11-33)19-10-29-23(34)32-19/h5-10,12,16H,1-4,11H2,(H,28,31)(H,26,27,30)(H2,29,32,34). The molecule has 4 aromatic rings. The van der Waals surface area contributed by atoms with Gasteiger partial charge in [0.2, 0.25) is 11.9 Å². The van der Waals surface area contributed by atoms with Gasteiger partial charge in [0.25, 0.3) is 0 Å². The maximum absolute atomic E-state index is 13.5. The lowest BCUT2D eigenvalue weighted by Crippen LogP contribution is -2.21. The van der Waals surface area contributed by atoms with Crippen molar-refractivity contribution < 1.29 is 8.78 Å². The third kappa shape index (κ3) is 3.82. The largest absolute Gasteiger partial charge is 0.351 e. The maximum atomic E-state index is 13.5. The van der Waals surface area contributed by atoms with Gasteiger partial charge in [0.1, 0.15) is 0 Å². The number of hydrogen-bond donors (Lipinski definition) is 4. The first-order valence-electron chi connectivity index (χ1n) is 11.1. The van der Waals surface area contributed by atoms with E-state index in [-0.39, 0.29) is 17.6 Å². The summed E-state index contributed by atoms with van der Waals surface area (Å²) in [5.74, 6) is -0.160. The van der Waals surface area contributed by atoms with E-state index in [1.165, 1.54) is 12.1 Å². The molecule has 2 aliphatic rings. The number of fused-ring (bicyclic) bond motifs is 1. The molecular weight excluding hydrogens is 442 g/mol. The van der Waals surface area contributed by atoms with Crippen molar-refractivity contribution in [2.24, 2.45) is 0 Å². The normalized spacial score (nSPS) is 17.9. The number of imidazole rings is 2. The Hall–Kier alpha value is -4.02. The number of anilines is 2. The number of nitrogens with one attached hydrogen (secondary N) is 4. The highest BCUT2D eigenvalue weighted by Crippen LogP contribution is 2.29. The molecule has 0 bridgehead atoms. The minimum atomic E-state index is -0.817. The molecule has 1 saturated heterocycles. The monoisotopic (exact) mass is 464 g/mol. The molecule has 4 N–H and O–H groups in total. The second-order valence-electron chi connectivity index (χ2n) is 8.83. The number of aromatic amines is 3. The van der Waals surface area contributed by atoms with E-state index >= 15 is 0 Å². The molecule has 9 nitrogen and oxygen atoms in total. The Labute approximate surface area is 192 Å². The van der Waals surface area contributed by atoms with Crippen LogP contribution in [0.15, 0.2) is 41.7 Å². The van der Waals surface area contributed by atoms with Crippen molar-refractivity contribution in [1.82, 2.24) is 29.9 Å². The van der Waals surface area contributed by atoms with Crippen LogP contribution in [0.4, 0.5) is 20.7 Å². The van der Waals surface area contributed by atoms with Crippen molar-refractivity contribution in [3.05, 3.63) is 75.9 Å². The molecule has 1 fully saturated rings. The van der Waals surface area contributed by atoms with Gasteiger partial charge < -0.3 is 25.2 Å². The molecule has 6 rings (SSSR count). The van der Waals surface area contributed by atoms with Gasteiger partial charge in [-0.25, -0.2) is 28.5 Å². The van der Waals surface area contributed by atoms with Crippen molar-refractivity contribution in [3.63, 3.8) is 0 Å². The van der Waals surface area contributed by atoms with Crippen LogP contribution in [0.3, 0.4) is 0 Å². The minimum absolute atomic E-state index is 0.0149. The number of nitrogens with zero attached hydrogens (tertiary/aromatic N) is 4. The van der Waals surface area contributed by atoms with Crippen LogP contribution in [-0.2, 0) is 12.8 Å². The molecule has 3 aromatic heterocycles. The van der Waals surface area contributed by atoms with Crippen LogP contribution in [-0.4, -0.2) is 49.0 Å². The number of aromatic nitrogens is 6. The average molecular weight is 464 g/mol. The van der Waals surface area contributed by atoms with E-state index in [2.05, 4.69) is 40.1 Å². The van der Waals surface area contributed by atoms with Crippen LogP contribution in [0.25, 0.3) is 11.3 Å². The summed E-state index contributed by atoms with van der Waals surface area (Å²) in [4.78, 5) is 35.7. The van der Waals surface area contributed by atoms with Crippen molar-refractivity contribution in [2.75, 3.05) is 23.3 Å². The Bertz CT molecular complexity index is 1360. The Morgan fingerprint density at radius 3 is 2.41 bits per heavy atom. The lowest BCUT2D eigenvalue weighted by Gasteiger charge is -2.14. The van der Waals surface area contributed by atoms with Crippen LogP contribution in [0.1, 0.15) is 29.2 Å². The average Bonchev–Trinajstić information content (AvgIpc) is 3.61. The Morgan fingerprint density at radius 2 is 1.74 bits per heavy atom. The van der Waals surface area contributed by atoms with Crippen LogP contribution >= 0.6 is 0 Å². The van der Waals surface area contributed by atoms with Crippen LogP contribution in [0.2, 0.25) is 0 Å². The molecule has 1 aromatic carbocycles. The highest BCUT2D eigenvalue weighted by atomic mass is 19.2. The van der Waals surface area contributed by atoms with Crippen molar-refractivity contribution >= 4 is 11.9 Å². The summed E-state index contributed by atoms with van der Waals surface area (Å²) in [7, 11) is 0. The van der Waals surface area contributed by atoms with Gasteiger partial charge in [-0.2, -0.15) is 0 Å². The van der Waals surface area contributed by atoms with Crippen LogP contribution < -0.4 is 15.9 Å². The summed E-state index contributed by atoms with van der Waals surface area (Å²) < 4.78 is 27.0. The Morgan fingerprint density at radius 1 is 1.00 bits per heavy atom. The Kier molecular flexibility index (Phi) is 4.89. The number of H-pyrrole nitrogens is 3. The fourth-order valence-electron chi connectivity index (χ4n) is 4.83. The van der Waals surface area contributed by atoms with Gasteiger partial charge >= 0.3 is 5.69 Å². The molecule has 1 atom stereocenters. The van der Waals surface area contributed by atoms with Crippen molar-refractivity contribution in [1.29, 1.82) is 0 Å². The van der Waals surface area contributed by atoms with E-state index in [1.54, 1.807) is 24.8 Å². The lowest BCUT2D eigenvalue weighted by atomic mass is 10.1. The summed E-state index contributed by atoms with van der Waals surface area (Å²) in [5.41, 5.74) is 3.95. The second kappa shape index (κ2) is 8.08. The molecule has 174 valence electrons. The molecule has 1 aliphatic heterocycles. The van der Waals surface area contributed by atoms with Gasteiger partial charge in [-0.05, 0) is 42.5 Å². The summed E-state index contributed by atoms with van der Waals surface area (Å²) in [6, 6.07) is 2.53. The number of benzene rings is 1. The Balaban J connectivity index is 1.10. The highest BCUT2D eigenvalue weighted by Gasteiger charge is 2.27. The predicted octanol–water partition coefficient (Wildman–Crippen LogP) is 2.73. The number of hydrogen-bond acceptors (Lipinski definition) is 6. The topological polar surface area (TPSA) is 118 Å². The maximum Gasteiger partial charge on any atom is 0.323 e. The first-order valence-corrected chi connectivity index (χ1v) is 11.1. The third-order valence-corrected chi connectivity index (χ3v) is 6.58. The van der Waals surface area contributed by atoms with E-state index in [9.17, 15) is 13.6 Å². The first kappa shape index (κ1) is 20.6. The lowest BCUT2D eigenvalue weighted by molar-refractivity contribution is 0.507. The van der Waals surface area contributed by atoms with Gasteiger partial charge in [0, 0.05) is 54.9 Å². The smallest absolute Gasteiger partial charge is 0.323 e. The van der Waals surface area contributed by atoms with Gasteiger partial charge in [0.05, 0.1) is 11.9 Å². The van der Waals surface area contributed by atoms with Gasteiger partial charge in [-0.3, -0.25) is 0 Å². The summed E-state index contributed by atoms with van der Waals surface area (Å²) in [5, 5.41) is 3.25. The zero-order valence-corrected chi connectivity index (χ0v) is 18.1. The quantitative estimate of drug-likeness (QED) is 0.361. The van der Waals surface area contributed by atoms with Crippen molar-refractivity contribution in [3.8, 4) is 11.3 Å². The molecule has 1 unspecified atom stereocenters. The predicted molar refractivity (Wildman–Crippen MR) is 122 cm³/mol. The first-order chi connectivity index (χ1) is 16.5. The fourth-order valence-corrected chi connectivity index (χ4v) is 4.83.